The summed E-state index contributed by atoms with van der Waals surface area (Å²) in [6.45, 7) is 15.2. The van der Waals surface area contributed by atoms with Gasteiger partial charge in [-0.15, -0.1) is 0 Å². The van der Waals surface area contributed by atoms with Crippen molar-refractivity contribution in [3.63, 3.8) is 0 Å². The van der Waals surface area contributed by atoms with E-state index in [1.54, 1.807) is 0 Å². The summed E-state index contributed by atoms with van der Waals surface area (Å²) in [5.74, 6) is 2.09. The normalized spacial score (nSPS) is 19.7. The molecule has 35 heavy (non-hydrogen) atoms. The van der Waals surface area contributed by atoms with Gasteiger partial charge in [-0.3, -0.25) is 4.79 Å². The van der Waals surface area contributed by atoms with Gasteiger partial charge < -0.3 is 19.2 Å². The van der Waals surface area contributed by atoms with Crippen molar-refractivity contribution in [2.45, 2.75) is 105 Å². The minimum absolute atomic E-state index is 0.162. The van der Waals surface area contributed by atoms with Crippen molar-refractivity contribution in [3.8, 4) is 11.5 Å². The fraction of sp³-hybridized carbons (Fsp3) is 0.655. The van der Waals surface area contributed by atoms with Gasteiger partial charge in [0.25, 0.3) is 0 Å². The molecule has 0 radical (unpaired) electrons. The van der Waals surface area contributed by atoms with Gasteiger partial charge in [-0.2, -0.15) is 0 Å². The van der Waals surface area contributed by atoms with Crippen molar-refractivity contribution in [1.82, 2.24) is 10.3 Å². The molecule has 6 nitrogen and oxygen atoms in total. The summed E-state index contributed by atoms with van der Waals surface area (Å²) in [5, 5.41) is 3.45. The molecule has 1 heterocycles. The van der Waals surface area contributed by atoms with Gasteiger partial charge in [0.15, 0.2) is 0 Å². The number of ether oxygens (including phenoxy) is 2. The zero-order chi connectivity index (χ0) is 25.6. The first-order chi connectivity index (χ1) is 16.5. The van der Waals surface area contributed by atoms with Crippen LogP contribution in [0.5, 0.6) is 0 Å². The van der Waals surface area contributed by atoms with Crippen molar-refractivity contribution in [3.05, 3.63) is 41.3 Å². The fourth-order valence-electron chi connectivity index (χ4n) is 4.71. The first kappa shape index (κ1) is 27.4. The Balaban J connectivity index is 1.47. The van der Waals surface area contributed by atoms with E-state index in [1.165, 1.54) is 18.4 Å². The highest BCUT2D eigenvalue weighted by Crippen LogP contribution is 2.30. The summed E-state index contributed by atoms with van der Waals surface area (Å²) in [6.07, 6.45) is 5.77. The summed E-state index contributed by atoms with van der Waals surface area (Å²) in [5.41, 5.74) is 2.59. The third kappa shape index (κ3) is 8.46. The maximum Gasteiger partial charge on any atom is 0.323 e. The summed E-state index contributed by atoms with van der Waals surface area (Å²) in [4.78, 5) is 17.3. The zero-order valence-corrected chi connectivity index (χ0v) is 22.6. The highest BCUT2D eigenvalue weighted by atomic mass is 16.6. The Bertz CT molecular complexity index is 960. The van der Waals surface area contributed by atoms with Crippen molar-refractivity contribution >= 4 is 5.97 Å². The molecular weight excluding hydrogens is 440 g/mol. The molecule has 2 unspecified atom stereocenters. The Kier molecular flexibility index (Phi) is 9.54. The van der Waals surface area contributed by atoms with Gasteiger partial charge in [0, 0.05) is 5.56 Å². The second kappa shape index (κ2) is 12.2. The number of carbonyl (C=O) groups is 1. The van der Waals surface area contributed by atoms with Crippen LogP contribution in [0.25, 0.3) is 11.5 Å². The SMILES string of the molecule is Cc1cccc(-c2nc(COC3CCCC(CCN[C@H](C(=O)OC(C)(C)C)C(C)C)C3)c(C)o2)c1. The molecule has 1 aromatic carbocycles. The van der Waals surface area contributed by atoms with Crippen molar-refractivity contribution in [2.75, 3.05) is 6.54 Å². The molecule has 0 amide bonds. The molecule has 1 aliphatic carbocycles. The van der Waals surface area contributed by atoms with Gasteiger partial charge in [-0.25, -0.2) is 4.98 Å². The Morgan fingerprint density at radius 2 is 2.00 bits per heavy atom. The van der Waals surface area contributed by atoms with Crippen LogP contribution >= 0.6 is 0 Å². The van der Waals surface area contributed by atoms with E-state index in [1.807, 2.05) is 39.8 Å². The predicted octanol–water partition coefficient (Wildman–Crippen LogP) is 6.38. The monoisotopic (exact) mass is 484 g/mol. The zero-order valence-electron chi connectivity index (χ0n) is 22.6. The van der Waals surface area contributed by atoms with Gasteiger partial charge in [0.2, 0.25) is 5.89 Å². The number of oxazole rings is 1. The number of benzene rings is 1. The van der Waals surface area contributed by atoms with Gasteiger partial charge in [0.05, 0.1) is 12.7 Å². The van der Waals surface area contributed by atoms with Crippen LogP contribution in [0.3, 0.4) is 0 Å². The number of hydrogen-bond acceptors (Lipinski definition) is 6. The highest BCUT2D eigenvalue weighted by molar-refractivity contribution is 5.76. The lowest BCUT2D eigenvalue weighted by molar-refractivity contribution is -0.158. The fourth-order valence-corrected chi connectivity index (χ4v) is 4.71. The molecule has 1 saturated carbocycles. The van der Waals surface area contributed by atoms with Crippen LogP contribution in [-0.2, 0) is 20.9 Å². The molecule has 194 valence electrons. The Labute approximate surface area is 211 Å². The number of hydrogen-bond donors (Lipinski definition) is 1. The Morgan fingerprint density at radius 3 is 2.69 bits per heavy atom. The molecular formula is C29H44N2O4. The lowest BCUT2D eigenvalue weighted by atomic mass is 9.85. The topological polar surface area (TPSA) is 73.6 Å². The molecule has 3 rings (SSSR count). The van der Waals surface area contributed by atoms with E-state index in [2.05, 4.69) is 38.2 Å². The summed E-state index contributed by atoms with van der Waals surface area (Å²) >= 11 is 0. The molecule has 1 N–H and O–H groups in total. The first-order valence-electron chi connectivity index (χ1n) is 13.1. The van der Waals surface area contributed by atoms with E-state index in [0.717, 1.165) is 42.8 Å². The number of nitrogens with zero attached hydrogens (tertiary/aromatic N) is 1. The van der Waals surface area contributed by atoms with E-state index in [-0.39, 0.29) is 24.0 Å². The highest BCUT2D eigenvalue weighted by Gasteiger charge is 2.28. The number of rotatable bonds is 10. The van der Waals surface area contributed by atoms with Gasteiger partial charge in [-0.1, -0.05) is 44.4 Å². The first-order valence-corrected chi connectivity index (χ1v) is 13.1. The van der Waals surface area contributed by atoms with Crippen LogP contribution in [-0.4, -0.2) is 35.2 Å². The Morgan fingerprint density at radius 1 is 1.23 bits per heavy atom. The Hall–Kier alpha value is -2.18. The third-order valence-electron chi connectivity index (χ3n) is 6.59. The van der Waals surface area contributed by atoms with E-state index in [0.29, 0.717) is 18.4 Å². The van der Waals surface area contributed by atoms with Gasteiger partial charge >= 0.3 is 5.97 Å². The molecule has 3 atom stereocenters. The second-order valence-corrected chi connectivity index (χ2v) is 11.4. The quantitative estimate of drug-likeness (QED) is 0.395. The number of carbonyl (C=O) groups excluding carboxylic acids is 1. The van der Waals surface area contributed by atoms with Gasteiger partial charge in [-0.05, 0) is 84.4 Å². The minimum Gasteiger partial charge on any atom is -0.459 e. The molecule has 1 fully saturated rings. The van der Waals surface area contributed by atoms with E-state index < -0.39 is 5.60 Å². The molecule has 0 aliphatic heterocycles. The standard InChI is InChI=1S/C29H44N2O4/c1-19(2)26(28(32)35-29(5,6)7)30-15-14-22-11-9-13-24(17-22)33-18-25-21(4)34-27(31-25)23-12-8-10-20(3)16-23/h8,10,12,16,19,22,24,26,30H,9,11,13-15,17-18H2,1-7H3/t22?,24?,26-/m0/s1. The average molecular weight is 485 g/mol. The van der Waals surface area contributed by atoms with Crippen LogP contribution < -0.4 is 5.32 Å². The van der Waals surface area contributed by atoms with Crippen LogP contribution in [0.2, 0.25) is 0 Å². The molecule has 1 aromatic heterocycles. The van der Waals surface area contributed by atoms with E-state index in [4.69, 9.17) is 18.9 Å². The summed E-state index contributed by atoms with van der Waals surface area (Å²) < 4.78 is 17.8. The maximum absolute atomic E-state index is 12.6. The minimum atomic E-state index is -0.469. The number of nitrogens with one attached hydrogen (secondary N) is 1. The van der Waals surface area contributed by atoms with Crippen molar-refractivity contribution in [2.24, 2.45) is 11.8 Å². The maximum atomic E-state index is 12.6. The lowest BCUT2D eigenvalue weighted by Crippen LogP contribution is -2.45. The van der Waals surface area contributed by atoms with Gasteiger partial charge in [0.1, 0.15) is 23.1 Å². The molecule has 0 spiro atoms. The van der Waals surface area contributed by atoms with E-state index in [9.17, 15) is 4.79 Å². The van der Waals surface area contributed by atoms with Crippen molar-refractivity contribution in [1.29, 1.82) is 0 Å². The lowest BCUT2D eigenvalue weighted by Gasteiger charge is -2.30. The van der Waals surface area contributed by atoms with Crippen LogP contribution in [0.1, 0.15) is 83.7 Å². The van der Waals surface area contributed by atoms with E-state index >= 15 is 0 Å². The summed E-state index contributed by atoms with van der Waals surface area (Å²) in [7, 11) is 0. The number of aromatic nitrogens is 1. The van der Waals surface area contributed by atoms with Crippen LogP contribution in [0.15, 0.2) is 28.7 Å². The summed E-state index contributed by atoms with van der Waals surface area (Å²) in [6, 6.07) is 7.92. The second-order valence-electron chi connectivity index (χ2n) is 11.4. The smallest absolute Gasteiger partial charge is 0.323 e. The molecule has 1 aliphatic rings. The van der Waals surface area contributed by atoms with Crippen molar-refractivity contribution < 1.29 is 18.7 Å². The third-order valence-corrected chi connectivity index (χ3v) is 6.59. The van der Waals surface area contributed by atoms with Crippen LogP contribution in [0, 0.1) is 25.7 Å². The molecule has 0 saturated heterocycles. The number of esters is 1. The largest absolute Gasteiger partial charge is 0.459 e. The number of aryl methyl sites for hydroxylation is 2. The average Bonchev–Trinajstić information content (AvgIpc) is 3.14. The molecule has 0 bridgehead atoms. The molecule has 6 heteroatoms. The molecule has 2 aromatic rings. The van der Waals surface area contributed by atoms with Crippen LogP contribution in [0.4, 0.5) is 0 Å². The predicted molar refractivity (Wildman–Crippen MR) is 139 cm³/mol.